The lowest BCUT2D eigenvalue weighted by molar-refractivity contribution is -0.123. The van der Waals surface area contributed by atoms with E-state index in [0.29, 0.717) is 36.6 Å². The maximum absolute atomic E-state index is 13.1. The van der Waals surface area contributed by atoms with Gasteiger partial charge < -0.3 is 14.8 Å². The summed E-state index contributed by atoms with van der Waals surface area (Å²) in [6.07, 6.45) is 5.29. The summed E-state index contributed by atoms with van der Waals surface area (Å²) < 4.78 is 38.6. The third-order valence-corrected chi connectivity index (χ3v) is 7.35. The first-order valence-corrected chi connectivity index (χ1v) is 12.1. The van der Waals surface area contributed by atoms with Crippen molar-refractivity contribution in [2.75, 3.05) is 26.8 Å². The minimum absolute atomic E-state index is 0.0981. The molecular weight excluding hydrogens is 428 g/mol. The molecule has 0 bridgehead atoms. The second-order valence-corrected chi connectivity index (χ2v) is 9.52. The molecule has 0 unspecified atom stereocenters. The average molecular weight is 459 g/mol. The summed E-state index contributed by atoms with van der Waals surface area (Å²) >= 11 is 0. The Kier molecular flexibility index (Phi) is 8.30. The van der Waals surface area contributed by atoms with E-state index in [9.17, 15) is 13.2 Å². The third kappa shape index (κ3) is 5.89. The summed E-state index contributed by atoms with van der Waals surface area (Å²) in [5, 5.41) is 2.75. The van der Waals surface area contributed by atoms with Crippen LogP contribution in [-0.4, -0.2) is 45.4 Å². The van der Waals surface area contributed by atoms with Gasteiger partial charge >= 0.3 is 0 Å². The van der Waals surface area contributed by atoms with Crippen molar-refractivity contribution in [2.24, 2.45) is 0 Å². The Morgan fingerprint density at radius 2 is 1.88 bits per heavy atom. The van der Waals surface area contributed by atoms with Crippen molar-refractivity contribution in [2.45, 2.75) is 37.1 Å². The van der Waals surface area contributed by atoms with E-state index in [4.69, 9.17) is 9.47 Å². The van der Waals surface area contributed by atoms with Gasteiger partial charge in [0.1, 0.15) is 0 Å². The zero-order valence-corrected chi connectivity index (χ0v) is 19.2. The maximum Gasteiger partial charge on any atom is 0.258 e. The van der Waals surface area contributed by atoms with Crippen LogP contribution in [0, 0.1) is 0 Å². The number of allylic oxidation sites excluding steroid dienone is 1. The van der Waals surface area contributed by atoms with Crippen molar-refractivity contribution in [3.63, 3.8) is 0 Å². The van der Waals surface area contributed by atoms with Gasteiger partial charge in [-0.05, 0) is 48.6 Å². The van der Waals surface area contributed by atoms with Crippen molar-refractivity contribution in [3.05, 3.63) is 66.2 Å². The van der Waals surface area contributed by atoms with E-state index < -0.39 is 10.0 Å². The number of sulfonamides is 1. The standard InChI is InChI=1S/C24H30N2O5S/c1-3-9-19-12-13-21(22(16-19)30-2)31-18-24(27)25-17-20-10-5-6-11-23(20)32(28,29)26-14-7-4-8-15-26/h3,5-6,10-13,16H,1,4,7-9,14-15,17-18H2,2H3,(H,25,27). The molecule has 1 N–H and O–H groups in total. The molecule has 2 aromatic rings. The lowest BCUT2D eigenvalue weighted by Crippen LogP contribution is -2.36. The van der Waals surface area contributed by atoms with Crippen molar-refractivity contribution >= 4 is 15.9 Å². The number of methoxy groups -OCH3 is 1. The molecular formula is C24H30N2O5S. The van der Waals surface area contributed by atoms with Crippen LogP contribution >= 0.6 is 0 Å². The number of nitrogens with one attached hydrogen (secondary N) is 1. The van der Waals surface area contributed by atoms with Crippen LogP contribution in [0.1, 0.15) is 30.4 Å². The molecule has 0 radical (unpaired) electrons. The number of carbonyl (C=O) groups excluding carboxylic acids is 1. The molecule has 0 spiro atoms. The molecule has 1 aliphatic rings. The first-order valence-electron chi connectivity index (χ1n) is 10.7. The molecule has 0 aliphatic carbocycles. The average Bonchev–Trinajstić information content (AvgIpc) is 2.82. The number of piperidine rings is 1. The van der Waals surface area contributed by atoms with Gasteiger partial charge in [-0.15, -0.1) is 6.58 Å². The summed E-state index contributed by atoms with van der Waals surface area (Å²) in [5.74, 6) is 0.644. The molecule has 172 valence electrons. The van der Waals surface area contributed by atoms with Gasteiger partial charge in [0.25, 0.3) is 5.91 Å². The van der Waals surface area contributed by atoms with E-state index in [1.54, 1.807) is 43.5 Å². The summed E-state index contributed by atoms with van der Waals surface area (Å²) in [4.78, 5) is 12.6. The Morgan fingerprint density at radius 1 is 1.12 bits per heavy atom. The van der Waals surface area contributed by atoms with E-state index in [1.807, 2.05) is 12.1 Å². The second kappa shape index (κ2) is 11.2. The van der Waals surface area contributed by atoms with E-state index in [2.05, 4.69) is 11.9 Å². The van der Waals surface area contributed by atoms with Crippen LogP contribution in [-0.2, 0) is 27.8 Å². The Bertz CT molecular complexity index is 1050. The predicted octanol–water partition coefficient (Wildman–Crippen LogP) is 3.29. The lowest BCUT2D eigenvalue weighted by atomic mass is 10.1. The van der Waals surface area contributed by atoms with Crippen LogP contribution in [0.3, 0.4) is 0 Å². The first-order chi connectivity index (χ1) is 15.5. The number of ether oxygens (including phenoxy) is 2. The van der Waals surface area contributed by atoms with Gasteiger partial charge in [0, 0.05) is 19.6 Å². The molecule has 3 rings (SSSR count). The number of hydrogen-bond donors (Lipinski definition) is 1. The number of amides is 1. The van der Waals surface area contributed by atoms with Crippen molar-refractivity contribution in [1.29, 1.82) is 0 Å². The maximum atomic E-state index is 13.1. The summed E-state index contributed by atoms with van der Waals surface area (Å²) in [7, 11) is -2.05. The van der Waals surface area contributed by atoms with E-state index in [0.717, 1.165) is 24.8 Å². The van der Waals surface area contributed by atoms with Gasteiger partial charge in [-0.1, -0.05) is 36.8 Å². The highest BCUT2D eigenvalue weighted by Crippen LogP contribution is 2.28. The molecule has 1 fully saturated rings. The van der Waals surface area contributed by atoms with Gasteiger partial charge in [-0.25, -0.2) is 8.42 Å². The fourth-order valence-electron chi connectivity index (χ4n) is 3.66. The van der Waals surface area contributed by atoms with Crippen LogP contribution in [0.4, 0.5) is 0 Å². The number of hydrogen-bond acceptors (Lipinski definition) is 5. The van der Waals surface area contributed by atoms with E-state index in [-0.39, 0.29) is 24.0 Å². The smallest absolute Gasteiger partial charge is 0.258 e. The quantitative estimate of drug-likeness (QED) is 0.552. The summed E-state index contributed by atoms with van der Waals surface area (Å²) in [5.41, 5.74) is 1.58. The van der Waals surface area contributed by atoms with Crippen molar-refractivity contribution in [1.82, 2.24) is 9.62 Å². The zero-order chi connectivity index (χ0) is 23.0. The monoisotopic (exact) mass is 458 g/mol. The number of rotatable bonds is 10. The normalized spacial score (nSPS) is 14.5. The minimum Gasteiger partial charge on any atom is -0.493 e. The van der Waals surface area contributed by atoms with Gasteiger partial charge in [0.2, 0.25) is 10.0 Å². The first kappa shape index (κ1) is 23.8. The Morgan fingerprint density at radius 3 is 2.59 bits per heavy atom. The van der Waals surface area contributed by atoms with Gasteiger partial charge in [-0.2, -0.15) is 4.31 Å². The van der Waals surface area contributed by atoms with Gasteiger partial charge in [0.05, 0.1) is 12.0 Å². The minimum atomic E-state index is -3.59. The Hall–Kier alpha value is -2.84. The second-order valence-electron chi connectivity index (χ2n) is 7.62. The van der Waals surface area contributed by atoms with Crippen LogP contribution < -0.4 is 14.8 Å². The molecule has 8 heteroatoms. The van der Waals surface area contributed by atoms with Gasteiger partial charge in [0.15, 0.2) is 18.1 Å². The number of carbonyl (C=O) groups is 1. The van der Waals surface area contributed by atoms with Crippen LogP contribution in [0.5, 0.6) is 11.5 Å². The summed E-state index contributed by atoms with van der Waals surface area (Å²) in [6.45, 7) is 4.67. The zero-order valence-electron chi connectivity index (χ0n) is 18.4. The van der Waals surface area contributed by atoms with E-state index in [1.165, 1.54) is 4.31 Å². The highest BCUT2D eigenvalue weighted by Gasteiger charge is 2.27. The molecule has 0 atom stereocenters. The summed E-state index contributed by atoms with van der Waals surface area (Å²) in [6, 6.07) is 12.3. The van der Waals surface area contributed by atoms with E-state index >= 15 is 0 Å². The molecule has 1 amide bonds. The molecule has 2 aromatic carbocycles. The fourth-order valence-corrected chi connectivity index (χ4v) is 5.40. The molecule has 1 saturated heterocycles. The molecule has 0 saturated carbocycles. The third-order valence-electron chi connectivity index (χ3n) is 5.35. The Labute approximate surface area is 190 Å². The van der Waals surface area contributed by atoms with Crippen LogP contribution in [0.2, 0.25) is 0 Å². The largest absolute Gasteiger partial charge is 0.493 e. The van der Waals surface area contributed by atoms with Gasteiger partial charge in [-0.3, -0.25) is 4.79 Å². The molecule has 1 aliphatic heterocycles. The topological polar surface area (TPSA) is 84.9 Å². The molecule has 1 heterocycles. The van der Waals surface area contributed by atoms with Crippen LogP contribution in [0.15, 0.2) is 60.0 Å². The SMILES string of the molecule is C=CCc1ccc(OCC(=O)NCc2ccccc2S(=O)(=O)N2CCCCC2)c(OC)c1. The predicted molar refractivity (Wildman–Crippen MR) is 123 cm³/mol. The number of benzene rings is 2. The molecule has 0 aromatic heterocycles. The highest BCUT2D eigenvalue weighted by molar-refractivity contribution is 7.89. The number of nitrogens with zero attached hydrogens (tertiary/aromatic N) is 1. The fraction of sp³-hybridized carbons (Fsp3) is 0.375. The van der Waals surface area contributed by atoms with Crippen LogP contribution in [0.25, 0.3) is 0 Å². The Balaban J connectivity index is 1.62. The van der Waals surface area contributed by atoms with Crippen molar-refractivity contribution in [3.8, 4) is 11.5 Å². The lowest BCUT2D eigenvalue weighted by Gasteiger charge is -2.26. The highest BCUT2D eigenvalue weighted by atomic mass is 32.2. The molecule has 7 nitrogen and oxygen atoms in total. The van der Waals surface area contributed by atoms with Crippen molar-refractivity contribution < 1.29 is 22.7 Å². The molecule has 32 heavy (non-hydrogen) atoms.